The van der Waals surface area contributed by atoms with Gasteiger partial charge < -0.3 is 24.6 Å². The van der Waals surface area contributed by atoms with Gasteiger partial charge in [-0.1, -0.05) is 11.6 Å². The number of nitrogens with one attached hydrogen (secondary N) is 1. The number of rotatable bonds is 4. The van der Waals surface area contributed by atoms with Crippen LogP contribution in [-0.2, 0) is 10.0 Å². The van der Waals surface area contributed by atoms with Crippen LogP contribution in [0.5, 0.6) is 11.5 Å². The molecule has 0 aliphatic carbocycles. The van der Waals surface area contributed by atoms with Crippen molar-refractivity contribution >= 4 is 49.9 Å². The number of nitrogens with zero attached hydrogens (tertiary/aromatic N) is 6. The van der Waals surface area contributed by atoms with E-state index in [1.54, 1.807) is 25.4 Å². The van der Waals surface area contributed by atoms with Crippen molar-refractivity contribution in [3.8, 4) is 22.8 Å². The van der Waals surface area contributed by atoms with Crippen LogP contribution >= 0.6 is 11.6 Å². The summed E-state index contributed by atoms with van der Waals surface area (Å²) in [6, 6.07) is 12.4. The first-order valence-corrected chi connectivity index (χ1v) is 19.5. The van der Waals surface area contributed by atoms with Crippen molar-refractivity contribution in [3.63, 3.8) is 0 Å². The van der Waals surface area contributed by atoms with Crippen molar-refractivity contribution in [1.29, 1.82) is 0 Å². The van der Waals surface area contributed by atoms with Crippen molar-refractivity contribution in [1.82, 2.24) is 23.7 Å². The van der Waals surface area contributed by atoms with Crippen molar-refractivity contribution in [3.05, 3.63) is 53.8 Å². The molecule has 8 rings (SSSR count). The third-order valence-corrected chi connectivity index (χ3v) is 12.0. The van der Waals surface area contributed by atoms with E-state index in [-0.39, 0.29) is 5.75 Å². The SMILES string of the molecule is CCS(=O)(=O)n1cc2c3ccc(cc31)OCCCCCCOc1cc(ccc1N1CCC(N3CCN(C)CC3)CC1)Nc1ncc(Cl)c-2n1. The van der Waals surface area contributed by atoms with E-state index in [0.29, 0.717) is 58.1 Å². The van der Waals surface area contributed by atoms with E-state index in [2.05, 4.69) is 38.1 Å². The summed E-state index contributed by atoms with van der Waals surface area (Å²) in [7, 11) is -1.41. The highest BCUT2D eigenvalue weighted by Gasteiger charge is 2.28. The number of hydrogen-bond donors (Lipinski definition) is 1. The van der Waals surface area contributed by atoms with Crippen LogP contribution in [0.2, 0.25) is 5.02 Å². The quantitative estimate of drug-likeness (QED) is 0.262. The molecule has 4 aliphatic heterocycles. The van der Waals surface area contributed by atoms with Gasteiger partial charge in [0.15, 0.2) is 0 Å². The van der Waals surface area contributed by atoms with E-state index >= 15 is 0 Å². The van der Waals surface area contributed by atoms with Crippen molar-refractivity contribution in [2.24, 2.45) is 0 Å². The monoisotopic (exact) mass is 707 g/mol. The smallest absolute Gasteiger partial charge is 0.238 e. The number of piperazine rings is 1. The molecule has 0 saturated carbocycles. The molecule has 11 nitrogen and oxygen atoms in total. The summed E-state index contributed by atoms with van der Waals surface area (Å²) in [5, 5.41) is 4.39. The lowest BCUT2D eigenvalue weighted by atomic mass is 10.0. The number of ether oxygens (including phenoxy) is 2. The maximum atomic E-state index is 13.2. The maximum absolute atomic E-state index is 13.2. The van der Waals surface area contributed by atoms with E-state index < -0.39 is 10.0 Å². The van der Waals surface area contributed by atoms with E-state index in [1.165, 1.54) is 3.97 Å². The fourth-order valence-corrected chi connectivity index (χ4v) is 8.32. The van der Waals surface area contributed by atoms with Crippen LogP contribution in [0.1, 0.15) is 45.4 Å². The number of fused-ring (bicyclic) bond motifs is 8. The largest absolute Gasteiger partial charge is 0.494 e. The number of aromatic nitrogens is 3. The highest BCUT2D eigenvalue weighted by atomic mass is 35.5. The molecular weight excluding hydrogens is 662 g/mol. The molecule has 0 amide bonds. The summed E-state index contributed by atoms with van der Waals surface area (Å²) in [5.41, 5.74) is 3.47. The van der Waals surface area contributed by atoms with Crippen LogP contribution in [0.4, 0.5) is 17.3 Å². The lowest BCUT2D eigenvalue weighted by Gasteiger charge is -2.42. The third-order valence-electron chi connectivity index (χ3n) is 10.0. The molecule has 13 heteroatoms. The van der Waals surface area contributed by atoms with Gasteiger partial charge >= 0.3 is 0 Å². The molecule has 262 valence electrons. The minimum absolute atomic E-state index is 0.0553. The first kappa shape index (κ1) is 33.9. The summed E-state index contributed by atoms with van der Waals surface area (Å²) in [4.78, 5) is 16.8. The zero-order valence-electron chi connectivity index (χ0n) is 28.4. The molecule has 49 heavy (non-hydrogen) atoms. The van der Waals surface area contributed by atoms with Gasteiger partial charge in [-0.2, -0.15) is 0 Å². The Labute approximate surface area is 294 Å². The van der Waals surface area contributed by atoms with Crippen molar-refractivity contribution < 1.29 is 17.9 Å². The van der Waals surface area contributed by atoms with Crippen LogP contribution in [0.25, 0.3) is 22.2 Å². The molecule has 2 aromatic heterocycles. The lowest BCUT2D eigenvalue weighted by molar-refractivity contribution is 0.0981. The van der Waals surface area contributed by atoms with Gasteiger partial charge in [0.05, 0.1) is 47.1 Å². The predicted octanol–water partition coefficient (Wildman–Crippen LogP) is 6.24. The fourth-order valence-electron chi connectivity index (χ4n) is 7.13. The Kier molecular flexibility index (Phi) is 10.2. The molecule has 0 spiro atoms. The van der Waals surface area contributed by atoms with E-state index in [9.17, 15) is 8.42 Å². The summed E-state index contributed by atoms with van der Waals surface area (Å²) in [6.45, 7) is 9.37. The van der Waals surface area contributed by atoms with E-state index in [1.807, 2.05) is 24.3 Å². The van der Waals surface area contributed by atoms with Crippen LogP contribution in [0, 0.1) is 0 Å². The number of piperidine rings is 1. The van der Waals surface area contributed by atoms with E-state index in [4.69, 9.17) is 26.1 Å². The minimum Gasteiger partial charge on any atom is -0.494 e. The number of benzene rings is 2. The molecule has 2 aromatic carbocycles. The average Bonchev–Trinajstić information content (AvgIpc) is 3.50. The Bertz CT molecular complexity index is 1890. The van der Waals surface area contributed by atoms with Crippen LogP contribution < -0.4 is 19.7 Å². The van der Waals surface area contributed by atoms with Gasteiger partial charge in [-0.15, -0.1) is 0 Å². The number of halogens is 1. The lowest BCUT2D eigenvalue weighted by Crippen LogP contribution is -2.52. The average molecular weight is 708 g/mol. The molecular formula is C36H46ClN7O4S. The van der Waals surface area contributed by atoms with Crippen LogP contribution in [0.3, 0.4) is 0 Å². The van der Waals surface area contributed by atoms with Gasteiger partial charge in [0.2, 0.25) is 16.0 Å². The first-order chi connectivity index (χ1) is 23.8. The highest BCUT2D eigenvalue weighted by molar-refractivity contribution is 7.90. The highest BCUT2D eigenvalue weighted by Crippen LogP contribution is 2.38. The summed E-state index contributed by atoms with van der Waals surface area (Å²) in [5.74, 6) is 1.76. The maximum Gasteiger partial charge on any atom is 0.238 e. The van der Waals surface area contributed by atoms with Gasteiger partial charge in [-0.05, 0) is 76.8 Å². The van der Waals surface area contributed by atoms with E-state index in [0.717, 1.165) is 94.9 Å². The zero-order valence-corrected chi connectivity index (χ0v) is 30.0. The first-order valence-electron chi connectivity index (χ1n) is 17.5. The molecule has 2 fully saturated rings. The van der Waals surface area contributed by atoms with Crippen LogP contribution in [-0.4, -0.2) is 103 Å². The van der Waals surface area contributed by atoms with Gasteiger partial charge in [0, 0.05) is 80.3 Å². The summed E-state index contributed by atoms with van der Waals surface area (Å²) in [6.07, 6.45) is 9.29. The predicted molar refractivity (Wildman–Crippen MR) is 196 cm³/mol. The summed E-state index contributed by atoms with van der Waals surface area (Å²) < 4.78 is 40.3. The Morgan fingerprint density at radius 3 is 2.45 bits per heavy atom. The van der Waals surface area contributed by atoms with Gasteiger partial charge in [0.1, 0.15) is 11.5 Å². The summed E-state index contributed by atoms with van der Waals surface area (Å²) >= 11 is 6.69. The normalized spacial score (nSPS) is 19.0. The molecule has 2 saturated heterocycles. The molecule has 1 N–H and O–H groups in total. The minimum atomic E-state index is -3.62. The second-order valence-corrected chi connectivity index (χ2v) is 15.8. The Morgan fingerprint density at radius 2 is 1.69 bits per heavy atom. The molecule has 0 atom stereocenters. The Balaban J connectivity index is 1.19. The van der Waals surface area contributed by atoms with Gasteiger partial charge in [-0.3, -0.25) is 4.90 Å². The number of anilines is 3. The van der Waals surface area contributed by atoms with Crippen molar-refractivity contribution in [2.75, 3.05) is 75.5 Å². The fraction of sp³-hybridized carbons (Fsp3) is 0.500. The molecule has 8 bridgehead atoms. The zero-order chi connectivity index (χ0) is 34.0. The topological polar surface area (TPSA) is 105 Å². The van der Waals surface area contributed by atoms with Gasteiger partial charge in [-0.25, -0.2) is 22.4 Å². The molecule has 6 heterocycles. The molecule has 4 aromatic rings. The molecule has 0 unspecified atom stereocenters. The molecule has 0 radical (unpaired) electrons. The second kappa shape index (κ2) is 14.7. The number of likely N-dealkylation sites (N-methyl/N-ethyl adjacent to an activating group) is 1. The third kappa shape index (κ3) is 7.47. The standard InChI is InChI=1S/C36H46ClN7O4S/c1-3-49(45,46)44-25-30-29-10-9-28(23-33(29)44)47-20-6-4-5-7-21-48-34-22-26(39-36-38-24-31(37)35(30)40-36)8-11-32(34)43-14-12-27(13-15-43)42-18-16-41(2)17-19-42/h8-11,22-25,27H,3-7,12-21H2,1-2H3,(H,38,39,40). The second-order valence-electron chi connectivity index (χ2n) is 13.3. The number of hydrogen-bond acceptors (Lipinski definition) is 10. The Hall–Kier alpha value is -3.58. The van der Waals surface area contributed by atoms with Crippen molar-refractivity contribution in [2.45, 2.75) is 51.5 Å². The Morgan fingerprint density at radius 1 is 0.939 bits per heavy atom. The van der Waals surface area contributed by atoms with Gasteiger partial charge in [0.25, 0.3) is 0 Å². The molecule has 4 aliphatic rings. The van der Waals surface area contributed by atoms with Crippen LogP contribution in [0.15, 0.2) is 48.8 Å².